The predicted molar refractivity (Wildman–Crippen MR) is 123 cm³/mol. The molecule has 0 aliphatic rings. The standard InChI is InChI=1S/C22H22ClN5O3S/c1-13-5-8-17(9-6-13)28(32(30)31)22(29)18-12-27(15(3)24-18)11-16-7-10-19-21(20(16)23)25-14(2)26(19)4/h5-10,12H,11H2,1-4H3,(H,30,31)/p-1. The van der Waals surface area contributed by atoms with Gasteiger partial charge in [0.05, 0.1) is 34.0 Å². The maximum Gasteiger partial charge on any atom is 0.289 e. The molecule has 1 amide bonds. The van der Waals surface area contributed by atoms with Crippen LogP contribution in [0, 0.1) is 20.8 Å². The van der Waals surface area contributed by atoms with Crippen LogP contribution in [0.25, 0.3) is 11.0 Å². The number of hydrogen-bond acceptors (Lipinski definition) is 5. The van der Waals surface area contributed by atoms with Crippen LogP contribution in [0.2, 0.25) is 5.02 Å². The highest BCUT2D eigenvalue weighted by atomic mass is 35.5. The molecular formula is C22H21ClN5O3S-. The number of anilines is 1. The third-order valence-electron chi connectivity index (χ3n) is 5.43. The van der Waals surface area contributed by atoms with Crippen LogP contribution in [0.5, 0.6) is 0 Å². The number of halogens is 1. The van der Waals surface area contributed by atoms with Crippen molar-refractivity contribution in [1.29, 1.82) is 0 Å². The SMILES string of the molecule is Cc1ccc(N(C(=O)c2cn(Cc3ccc4c(nc(C)n4C)c3Cl)c(C)n2)S(=O)[O-])cc1. The molecule has 2 aromatic carbocycles. The predicted octanol–water partition coefficient (Wildman–Crippen LogP) is 3.84. The zero-order chi connectivity index (χ0) is 23.2. The van der Waals surface area contributed by atoms with Crippen molar-refractivity contribution >= 4 is 45.5 Å². The van der Waals surface area contributed by atoms with Gasteiger partial charge in [0.25, 0.3) is 5.91 Å². The number of aryl methyl sites for hydroxylation is 4. The van der Waals surface area contributed by atoms with Crippen molar-refractivity contribution < 1.29 is 13.6 Å². The van der Waals surface area contributed by atoms with Gasteiger partial charge in [0.15, 0.2) is 0 Å². The quantitative estimate of drug-likeness (QED) is 0.413. The van der Waals surface area contributed by atoms with Crippen LogP contribution in [0.4, 0.5) is 5.69 Å². The summed E-state index contributed by atoms with van der Waals surface area (Å²) in [4.78, 5) is 21.8. The van der Waals surface area contributed by atoms with Crippen molar-refractivity contribution in [1.82, 2.24) is 19.1 Å². The zero-order valence-electron chi connectivity index (χ0n) is 18.0. The van der Waals surface area contributed by atoms with Gasteiger partial charge in [0.2, 0.25) is 0 Å². The second-order valence-electron chi connectivity index (χ2n) is 7.58. The molecule has 166 valence electrons. The molecule has 0 aliphatic heterocycles. The lowest BCUT2D eigenvalue weighted by molar-refractivity contribution is 0.100. The minimum atomic E-state index is -2.79. The molecule has 0 aliphatic carbocycles. The second kappa shape index (κ2) is 8.50. The van der Waals surface area contributed by atoms with E-state index in [9.17, 15) is 13.6 Å². The molecule has 1 atom stereocenters. The zero-order valence-corrected chi connectivity index (χ0v) is 19.6. The lowest BCUT2D eigenvalue weighted by Gasteiger charge is -2.23. The summed E-state index contributed by atoms with van der Waals surface area (Å²) >= 11 is 3.82. The maximum absolute atomic E-state index is 13.0. The van der Waals surface area contributed by atoms with Crippen molar-refractivity contribution in [3.8, 4) is 0 Å². The Hall–Kier alpha value is -3.01. The van der Waals surface area contributed by atoms with Crippen LogP contribution in [0.15, 0.2) is 42.6 Å². The van der Waals surface area contributed by atoms with E-state index < -0.39 is 17.2 Å². The molecule has 0 bridgehead atoms. The Bertz CT molecular complexity index is 1360. The van der Waals surface area contributed by atoms with Gasteiger partial charge in [-0.25, -0.2) is 14.3 Å². The highest BCUT2D eigenvalue weighted by molar-refractivity contribution is 7.81. The smallest absolute Gasteiger partial charge is 0.289 e. The van der Waals surface area contributed by atoms with Gasteiger partial charge in [-0.2, -0.15) is 0 Å². The van der Waals surface area contributed by atoms with Gasteiger partial charge in [-0.3, -0.25) is 9.00 Å². The van der Waals surface area contributed by atoms with E-state index in [2.05, 4.69) is 9.97 Å². The van der Waals surface area contributed by atoms with Crippen LogP contribution in [-0.2, 0) is 24.9 Å². The topological polar surface area (TPSA) is 96.1 Å². The fraction of sp³-hybridized carbons (Fsp3) is 0.227. The summed E-state index contributed by atoms with van der Waals surface area (Å²) in [6, 6.07) is 10.5. The molecule has 8 nitrogen and oxygen atoms in total. The number of aromatic nitrogens is 4. The van der Waals surface area contributed by atoms with Gasteiger partial charge in [-0.15, -0.1) is 0 Å². The molecule has 0 N–H and O–H groups in total. The number of carbonyl (C=O) groups is 1. The number of fused-ring (bicyclic) bond motifs is 1. The molecule has 10 heteroatoms. The van der Waals surface area contributed by atoms with E-state index in [1.54, 1.807) is 35.8 Å². The molecule has 0 radical (unpaired) electrons. The number of benzene rings is 2. The molecule has 2 heterocycles. The molecule has 1 unspecified atom stereocenters. The highest BCUT2D eigenvalue weighted by Crippen LogP contribution is 2.28. The van der Waals surface area contributed by atoms with Crippen molar-refractivity contribution in [3.63, 3.8) is 0 Å². The molecular weight excluding hydrogens is 450 g/mol. The lowest BCUT2D eigenvalue weighted by Crippen LogP contribution is -2.32. The van der Waals surface area contributed by atoms with Gasteiger partial charge < -0.3 is 13.7 Å². The van der Waals surface area contributed by atoms with E-state index >= 15 is 0 Å². The first-order chi connectivity index (χ1) is 15.2. The first-order valence-corrected chi connectivity index (χ1v) is 11.2. The fourth-order valence-corrected chi connectivity index (χ4v) is 4.30. The van der Waals surface area contributed by atoms with Crippen molar-refractivity contribution in [2.24, 2.45) is 7.05 Å². The molecule has 2 aromatic heterocycles. The Morgan fingerprint density at radius 1 is 1.09 bits per heavy atom. The van der Waals surface area contributed by atoms with E-state index in [1.165, 1.54) is 6.20 Å². The van der Waals surface area contributed by atoms with Gasteiger partial charge >= 0.3 is 0 Å². The number of rotatable bonds is 5. The van der Waals surface area contributed by atoms with Crippen LogP contribution in [0.3, 0.4) is 0 Å². The van der Waals surface area contributed by atoms with E-state index in [4.69, 9.17) is 11.6 Å². The number of hydrogen-bond donors (Lipinski definition) is 0. The van der Waals surface area contributed by atoms with E-state index in [-0.39, 0.29) is 11.4 Å². The summed E-state index contributed by atoms with van der Waals surface area (Å²) in [5, 5.41) is 0.536. The minimum Gasteiger partial charge on any atom is -0.755 e. The van der Waals surface area contributed by atoms with Crippen LogP contribution in [-0.4, -0.2) is 33.8 Å². The largest absolute Gasteiger partial charge is 0.755 e. The summed E-state index contributed by atoms with van der Waals surface area (Å²) in [7, 11) is 1.93. The average molecular weight is 471 g/mol. The van der Waals surface area contributed by atoms with E-state index in [0.717, 1.165) is 22.5 Å². The van der Waals surface area contributed by atoms with Crippen molar-refractivity contribution in [3.05, 3.63) is 76.1 Å². The Labute approximate surface area is 192 Å². The maximum atomic E-state index is 13.0. The van der Waals surface area contributed by atoms with Crippen molar-refractivity contribution in [2.45, 2.75) is 27.3 Å². The number of amides is 1. The van der Waals surface area contributed by atoms with Gasteiger partial charge in [-0.1, -0.05) is 35.4 Å². The molecule has 32 heavy (non-hydrogen) atoms. The van der Waals surface area contributed by atoms with Gasteiger partial charge in [-0.05, 0) is 44.5 Å². The normalized spacial score (nSPS) is 12.3. The Kier molecular flexibility index (Phi) is 5.89. The Balaban J connectivity index is 1.66. The Morgan fingerprint density at radius 2 is 1.78 bits per heavy atom. The highest BCUT2D eigenvalue weighted by Gasteiger charge is 2.23. The summed E-state index contributed by atoms with van der Waals surface area (Å²) < 4.78 is 28.1. The number of nitrogens with zero attached hydrogens (tertiary/aromatic N) is 5. The molecule has 4 aromatic rings. The van der Waals surface area contributed by atoms with Crippen LogP contribution >= 0.6 is 11.6 Å². The van der Waals surface area contributed by atoms with Gasteiger partial charge in [0.1, 0.15) is 22.9 Å². The third-order valence-corrected chi connectivity index (χ3v) is 6.53. The van der Waals surface area contributed by atoms with Gasteiger partial charge in [0, 0.05) is 13.2 Å². The molecule has 0 fully saturated rings. The summed E-state index contributed by atoms with van der Waals surface area (Å²) in [6.45, 7) is 5.90. The first kappa shape index (κ1) is 22.2. The minimum absolute atomic E-state index is 0.0261. The molecule has 0 saturated carbocycles. The third kappa shape index (κ3) is 3.94. The lowest BCUT2D eigenvalue weighted by atomic mass is 10.2. The van der Waals surface area contributed by atoms with E-state index in [1.807, 2.05) is 37.6 Å². The van der Waals surface area contributed by atoms with Crippen molar-refractivity contribution in [2.75, 3.05) is 4.31 Å². The van der Waals surface area contributed by atoms with Crippen LogP contribution < -0.4 is 4.31 Å². The first-order valence-electron chi connectivity index (χ1n) is 9.82. The number of imidazole rings is 2. The Morgan fingerprint density at radius 3 is 2.44 bits per heavy atom. The fourth-order valence-electron chi connectivity index (χ4n) is 3.52. The molecule has 0 spiro atoms. The summed E-state index contributed by atoms with van der Waals surface area (Å²) in [6.07, 6.45) is 1.54. The second-order valence-corrected chi connectivity index (χ2v) is 8.76. The molecule has 4 rings (SSSR count). The summed E-state index contributed by atoms with van der Waals surface area (Å²) in [5.41, 5.74) is 3.69. The number of carbonyl (C=O) groups excluding carboxylic acids is 1. The van der Waals surface area contributed by atoms with Crippen LogP contribution in [0.1, 0.15) is 33.3 Å². The van der Waals surface area contributed by atoms with E-state index in [0.29, 0.717) is 27.2 Å². The monoisotopic (exact) mass is 470 g/mol. The average Bonchev–Trinajstić information content (AvgIpc) is 3.25. The molecule has 0 saturated heterocycles. The summed E-state index contributed by atoms with van der Waals surface area (Å²) in [5.74, 6) is 0.681.